The lowest BCUT2D eigenvalue weighted by atomic mass is 9.99. The number of amides is 2. The van der Waals surface area contributed by atoms with Crippen LogP contribution in [0.15, 0.2) is 12.4 Å². The standard InChI is InChI=1S/C20H26N6O3/c1-13-15(19(27)25-7-9-29-10-8-25)11-21-18(23-13)17-5-3-4-6-26(17)20(28)16-12-22-24-14(16)2/h11-12,17H,3-10H2,1-2H3,(H,22,24)/t17-/m0/s1. The largest absolute Gasteiger partial charge is 0.378 e. The summed E-state index contributed by atoms with van der Waals surface area (Å²) in [6.07, 6.45) is 5.94. The Bertz CT molecular complexity index is 905. The molecule has 9 nitrogen and oxygen atoms in total. The third-order valence-electron chi connectivity index (χ3n) is 5.65. The third kappa shape index (κ3) is 3.87. The second-order valence-corrected chi connectivity index (χ2v) is 7.55. The predicted octanol–water partition coefficient (Wildman–Crippen LogP) is 1.66. The second-order valence-electron chi connectivity index (χ2n) is 7.55. The Morgan fingerprint density at radius 2 is 1.86 bits per heavy atom. The molecule has 0 bridgehead atoms. The maximum Gasteiger partial charge on any atom is 0.257 e. The van der Waals surface area contributed by atoms with Crippen molar-refractivity contribution in [2.45, 2.75) is 39.2 Å². The zero-order valence-electron chi connectivity index (χ0n) is 16.8. The van der Waals surface area contributed by atoms with Gasteiger partial charge < -0.3 is 14.5 Å². The van der Waals surface area contributed by atoms with E-state index < -0.39 is 0 Å². The van der Waals surface area contributed by atoms with Gasteiger partial charge >= 0.3 is 0 Å². The zero-order chi connectivity index (χ0) is 20.4. The van der Waals surface area contributed by atoms with Gasteiger partial charge in [0.25, 0.3) is 11.8 Å². The van der Waals surface area contributed by atoms with Gasteiger partial charge in [0.05, 0.1) is 42.3 Å². The highest BCUT2D eigenvalue weighted by molar-refractivity contribution is 5.96. The number of nitrogens with zero attached hydrogens (tertiary/aromatic N) is 5. The first-order chi connectivity index (χ1) is 14.1. The number of piperidine rings is 1. The lowest BCUT2D eigenvalue weighted by molar-refractivity contribution is 0.0301. The van der Waals surface area contributed by atoms with Crippen LogP contribution in [0.2, 0.25) is 0 Å². The van der Waals surface area contributed by atoms with E-state index in [0.717, 1.165) is 25.0 Å². The maximum absolute atomic E-state index is 13.1. The molecule has 0 aromatic carbocycles. The van der Waals surface area contributed by atoms with Crippen LogP contribution in [0.25, 0.3) is 0 Å². The Hall–Kier alpha value is -2.81. The number of hydrogen-bond acceptors (Lipinski definition) is 6. The molecule has 2 aliphatic heterocycles. The lowest BCUT2D eigenvalue weighted by Crippen LogP contribution is -2.41. The minimum atomic E-state index is -0.197. The fourth-order valence-electron chi connectivity index (χ4n) is 3.96. The van der Waals surface area contributed by atoms with Gasteiger partial charge in [0, 0.05) is 31.5 Å². The topological polar surface area (TPSA) is 104 Å². The second kappa shape index (κ2) is 8.28. The minimum Gasteiger partial charge on any atom is -0.378 e. The smallest absolute Gasteiger partial charge is 0.257 e. The number of aromatic amines is 1. The maximum atomic E-state index is 13.1. The van der Waals surface area contributed by atoms with Crippen LogP contribution in [0.5, 0.6) is 0 Å². The SMILES string of the molecule is Cc1nc([C@@H]2CCCCN2C(=O)c2cn[nH]c2C)ncc1C(=O)N1CCOCC1. The van der Waals surface area contributed by atoms with Gasteiger partial charge in [-0.25, -0.2) is 9.97 Å². The van der Waals surface area contributed by atoms with Crippen molar-refractivity contribution in [1.82, 2.24) is 30.0 Å². The summed E-state index contributed by atoms with van der Waals surface area (Å²) in [4.78, 5) is 38.6. The van der Waals surface area contributed by atoms with Gasteiger partial charge in [-0.15, -0.1) is 0 Å². The molecule has 4 rings (SSSR count). The van der Waals surface area contributed by atoms with Gasteiger partial charge in [-0.3, -0.25) is 14.7 Å². The van der Waals surface area contributed by atoms with Crippen LogP contribution in [0.4, 0.5) is 0 Å². The van der Waals surface area contributed by atoms with E-state index in [0.29, 0.717) is 55.5 Å². The van der Waals surface area contributed by atoms with Crippen molar-refractivity contribution in [3.63, 3.8) is 0 Å². The molecule has 2 aromatic heterocycles. The van der Waals surface area contributed by atoms with Gasteiger partial charge in [-0.1, -0.05) is 0 Å². The fourth-order valence-corrected chi connectivity index (χ4v) is 3.96. The van der Waals surface area contributed by atoms with Crippen molar-refractivity contribution in [3.05, 3.63) is 40.7 Å². The first kappa shape index (κ1) is 19.5. The van der Waals surface area contributed by atoms with Crippen LogP contribution < -0.4 is 0 Å². The molecule has 29 heavy (non-hydrogen) atoms. The van der Waals surface area contributed by atoms with Crippen molar-refractivity contribution in [1.29, 1.82) is 0 Å². The Morgan fingerprint density at radius 1 is 1.07 bits per heavy atom. The first-order valence-corrected chi connectivity index (χ1v) is 10.1. The number of aryl methyl sites for hydroxylation is 2. The first-order valence-electron chi connectivity index (χ1n) is 10.1. The molecule has 0 aliphatic carbocycles. The Morgan fingerprint density at radius 3 is 2.55 bits per heavy atom. The number of carbonyl (C=O) groups is 2. The molecule has 1 N–H and O–H groups in total. The summed E-state index contributed by atoms with van der Waals surface area (Å²) >= 11 is 0. The normalized spacial score (nSPS) is 20.0. The Balaban J connectivity index is 1.57. The lowest BCUT2D eigenvalue weighted by Gasteiger charge is -2.35. The molecular formula is C20H26N6O3. The number of aromatic nitrogens is 4. The van der Waals surface area contributed by atoms with E-state index in [-0.39, 0.29) is 17.9 Å². The molecule has 2 amide bonds. The van der Waals surface area contributed by atoms with Gasteiger partial charge in [-0.2, -0.15) is 5.10 Å². The quantitative estimate of drug-likeness (QED) is 0.843. The molecule has 0 spiro atoms. The van der Waals surface area contributed by atoms with Crippen molar-refractivity contribution < 1.29 is 14.3 Å². The van der Waals surface area contributed by atoms with E-state index >= 15 is 0 Å². The van der Waals surface area contributed by atoms with E-state index in [4.69, 9.17) is 4.74 Å². The average molecular weight is 398 g/mol. The van der Waals surface area contributed by atoms with Crippen LogP contribution in [0.1, 0.15) is 63.2 Å². The molecule has 1 atom stereocenters. The Kier molecular flexibility index (Phi) is 5.57. The molecule has 154 valence electrons. The van der Waals surface area contributed by atoms with Gasteiger partial charge in [0.1, 0.15) is 0 Å². The fraction of sp³-hybridized carbons (Fsp3) is 0.550. The number of H-pyrrole nitrogens is 1. The van der Waals surface area contributed by atoms with Gasteiger partial charge in [0.15, 0.2) is 5.82 Å². The average Bonchev–Trinajstić information content (AvgIpc) is 3.19. The third-order valence-corrected chi connectivity index (χ3v) is 5.65. The number of likely N-dealkylation sites (tertiary alicyclic amines) is 1. The van der Waals surface area contributed by atoms with Crippen molar-refractivity contribution >= 4 is 11.8 Å². The molecule has 4 heterocycles. The van der Waals surface area contributed by atoms with Crippen LogP contribution in [-0.2, 0) is 4.74 Å². The number of rotatable bonds is 3. The summed E-state index contributed by atoms with van der Waals surface area (Å²) in [6, 6.07) is -0.197. The summed E-state index contributed by atoms with van der Waals surface area (Å²) in [5.74, 6) is 0.467. The van der Waals surface area contributed by atoms with Crippen LogP contribution >= 0.6 is 0 Å². The van der Waals surface area contributed by atoms with Crippen molar-refractivity contribution in [3.8, 4) is 0 Å². The van der Waals surface area contributed by atoms with E-state index in [1.807, 2.05) is 18.7 Å². The highest BCUT2D eigenvalue weighted by atomic mass is 16.5. The molecular weight excluding hydrogens is 372 g/mol. The van der Waals surface area contributed by atoms with Crippen LogP contribution in [-0.4, -0.2) is 74.6 Å². The van der Waals surface area contributed by atoms with E-state index in [1.165, 1.54) is 0 Å². The predicted molar refractivity (Wildman–Crippen MR) is 104 cm³/mol. The number of hydrogen-bond donors (Lipinski definition) is 1. The molecule has 0 radical (unpaired) electrons. The van der Waals surface area contributed by atoms with Gasteiger partial charge in [-0.05, 0) is 33.1 Å². The summed E-state index contributed by atoms with van der Waals surface area (Å²) in [6.45, 7) is 6.58. The highest BCUT2D eigenvalue weighted by Crippen LogP contribution is 2.31. The molecule has 2 fully saturated rings. The van der Waals surface area contributed by atoms with Crippen LogP contribution in [0, 0.1) is 13.8 Å². The van der Waals surface area contributed by atoms with E-state index in [9.17, 15) is 9.59 Å². The Labute approximate surface area is 169 Å². The summed E-state index contributed by atoms with van der Waals surface area (Å²) in [5.41, 5.74) is 2.48. The number of morpholine rings is 1. The van der Waals surface area contributed by atoms with Crippen molar-refractivity contribution in [2.75, 3.05) is 32.8 Å². The molecule has 9 heteroatoms. The number of ether oxygens (including phenoxy) is 1. The van der Waals surface area contributed by atoms with E-state index in [1.54, 1.807) is 17.3 Å². The molecule has 2 aromatic rings. The minimum absolute atomic E-state index is 0.0596. The van der Waals surface area contributed by atoms with E-state index in [2.05, 4.69) is 20.2 Å². The summed E-state index contributed by atoms with van der Waals surface area (Å²) in [7, 11) is 0. The summed E-state index contributed by atoms with van der Waals surface area (Å²) < 4.78 is 5.32. The number of nitrogens with one attached hydrogen (secondary N) is 1. The van der Waals surface area contributed by atoms with Gasteiger partial charge in [0.2, 0.25) is 0 Å². The molecule has 0 unspecified atom stereocenters. The van der Waals surface area contributed by atoms with Crippen LogP contribution in [0.3, 0.4) is 0 Å². The zero-order valence-corrected chi connectivity index (χ0v) is 16.8. The monoisotopic (exact) mass is 398 g/mol. The molecule has 2 saturated heterocycles. The molecule has 0 saturated carbocycles. The number of carbonyl (C=O) groups excluding carboxylic acids is 2. The molecule has 2 aliphatic rings. The summed E-state index contributed by atoms with van der Waals surface area (Å²) in [5, 5.41) is 6.79. The highest BCUT2D eigenvalue weighted by Gasteiger charge is 2.32. The van der Waals surface area contributed by atoms with Crippen molar-refractivity contribution in [2.24, 2.45) is 0 Å².